The predicted molar refractivity (Wildman–Crippen MR) is 82.7 cm³/mol. The van der Waals surface area contributed by atoms with Crippen molar-refractivity contribution in [3.8, 4) is 0 Å². The van der Waals surface area contributed by atoms with Gasteiger partial charge >= 0.3 is 0 Å². The molecule has 1 unspecified atom stereocenters. The molecule has 1 heterocycles. The Bertz CT molecular complexity index is 601. The highest BCUT2D eigenvalue weighted by molar-refractivity contribution is 6.36. The van der Waals surface area contributed by atoms with Crippen LogP contribution < -0.4 is 4.90 Å². The second kappa shape index (κ2) is 5.50. The molecule has 0 radical (unpaired) electrons. The Labute approximate surface area is 133 Å². The van der Waals surface area contributed by atoms with Crippen LogP contribution in [0.4, 0.5) is 5.69 Å². The summed E-state index contributed by atoms with van der Waals surface area (Å²) in [5.41, 5.74) is 0.649. The van der Waals surface area contributed by atoms with Crippen LogP contribution in [-0.2, 0) is 9.59 Å². The molecule has 0 aromatic heterocycles. The van der Waals surface area contributed by atoms with Gasteiger partial charge in [0.05, 0.1) is 10.7 Å². The molecule has 4 nitrogen and oxygen atoms in total. The van der Waals surface area contributed by atoms with E-state index in [0.717, 1.165) is 12.8 Å². The molecular weight excluding hydrogens is 311 g/mol. The van der Waals surface area contributed by atoms with Crippen LogP contribution in [0.3, 0.4) is 0 Å². The molecule has 21 heavy (non-hydrogen) atoms. The first kappa shape index (κ1) is 14.7. The Balaban J connectivity index is 1.80. The van der Waals surface area contributed by atoms with Crippen LogP contribution >= 0.6 is 23.2 Å². The van der Waals surface area contributed by atoms with Crippen LogP contribution in [0.25, 0.3) is 0 Å². The first-order valence-electron chi connectivity index (χ1n) is 7.06. The zero-order chi connectivity index (χ0) is 15.1. The number of amides is 2. The number of benzene rings is 1. The fraction of sp³-hybridized carbons (Fsp3) is 0.467. The largest absolute Gasteiger partial charge is 0.329 e. The third-order valence-corrected chi connectivity index (χ3v) is 4.60. The topological polar surface area (TPSA) is 40.6 Å². The Morgan fingerprint density at radius 2 is 1.95 bits per heavy atom. The summed E-state index contributed by atoms with van der Waals surface area (Å²) in [6.45, 7) is 2.78. The maximum absolute atomic E-state index is 12.6. The number of carbonyl (C=O) groups is 2. The number of halogens is 2. The highest BCUT2D eigenvalue weighted by Gasteiger charge is 2.41. The van der Waals surface area contributed by atoms with E-state index in [1.807, 2.05) is 0 Å². The van der Waals surface area contributed by atoms with Crippen molar-refractivity contribution in [2.24, 2.45) is 5.92 Å². The van der Waals surface area contributed by atoms with Crippen LogP contribution in [-0.4, -0.2) is 35.8 Å². The molecule has 0 bridgehead atoms. The molecule has 1 saturated heterocycles. The van der Waals surface area contributed by atoms with E-state index >= 15 is 0 Å². The van der Waals surface area contributed by atoms with Gasteiger partial charge in [0.25, 0.3) is 0 Å². The van der Waals surface area contributed by atoms with E-state index in [1.54, 1.807) is 34.9 Å². The predicted octanol–water partition coefficient (Wildman–Crippen LogP) is 2.97. The summed E-state index contributed by atoms with van der Waals surface area (Å²) < 4.78 is 0. The van der Waals surface area contributed by atoms with Crippen molar-refractivity contribution in [3.63, 3.8) is 0 Å². The Morgan fingerprint density at radius 3 is 2.57 bits per heavy atom. The van der Waals surface area contributed by atoms with Crippen molar-refractivity contribution >= 4 is 40.7 Å². The van der Waals surface area contributed by atoms with E-state index < -0.39 is 6.04 Å². The first-order chi connectivity index (χ1) is 9.99. The van der Waals surface area contributed by atoms with E-state index in [-0.39, 0.29) is 17.7 Å². The van der Waals surface area contributed by atoms with Gasteiger partial charge in [0.1, 0.15) is 6.04 Å². The molecule has 6 heteroatoms. The summed E-state index contributed by atoms with van der Waals surface area (Å²) in [5, 5.41) is 0.983. The number of hydrogen-bond donors (Lipinski definition) is 0. The number of nitrogens with zero attached hydrogens (tertiary/aromatic N) is 2. The van der Waals surface area contributed by atoms with Gasteiger partial charge < -0.3 is 9.80 Å². The molecule has 2 amide bonds. The maximum atomic E-state index is 12.6. The van der Waals surface area contributed by atoms with Gasteiger partial charge in [-0.2, -0.15) is 0 Å². The lowest BCUT2D eigenvalue weighted by Crippen LogP contribution is -2.58. The van der Waals surface area contributed by atoms with Crippen molar-refractivity contribution in [3.05, 3.63) is 28.2 Å². The minimum Gasteiger partial charge on any atom is -0.329 e. The van der Waals surface area contributed by atoms with Crippen LogP contribution in [0.5, 0.6) is 0 Å². The SMILES string of the molecule is CC1C(=O)N(c2ccc(Cl)cc2Cl)CCN1C(=O)C1CC1. The summed E-state index contributed by atoms with van der Waals surface area (Å²) in [6, 6.07) is 4.63. The molecule has 2 fully saturated rings. The molecule has 3 rings (SSSR count). The highest BCUT2D eigenvalue weighted by Crippen LogP contribution is 2.34. The van der Waals surface area contributed by atoms with Crippen molar-refractivity contribution in [1.82, 2.24) is 4.90 Å². The smallest absolute Gasteiger partial charge is 0.249 e. The van der Waals surface area contributed by atoms with E-state index in [0.29, 0.717) is 28.8 Å². The second-order valence-electron chi connectivity index (χ2n) is 5.57. The van der Waals surface area contributed by atoms with E-state index in [2.05, 4.69) is 0 Å². The highest BCUT2D eigenvalue weighted by atomic mass is 35.5. The number of hydrogen-bond acceptors (Lipinski definition) is 2. The molecule has 1 atom stereocenters. The van der Waals surface area contributed by atoms with Gasteiger partial charge in [-0.15, -0.1) is 0 Å². The molecule has 1 aromatic rings. The van der Waals surface area contributed by atoms with Crippen LogP contribution in [0, 0.1) is 5.92 Å². The normalized spacial score (nSPS) is 22.6. The quantitative estimate of drug-likeness (QED) is 0.838. The Morgan fingerprint density at radius 1 is 1.24 bits per heavy atom. The summed E-state index contributed by atoms with van der Waals surface area (Å²) in [6.07, 6.45) is 1.89. The lowest BCUT2D eigenvalue weighted by molar-refractivity contribution is -0.141. The fourth-order valence-corrected chi connectivity index (χ4v) is 3.19. The zero-order valence-electron chi connectivity index (χ0n) is 11.7. The van der Waals surface area contributed by atoms with Gasteiger partial charge in [-0.05, 0) is 38.0 Å². The molecule has 1 aromatic carbocycles. The summed E-state index contributed by atoms with van der Waals surface area (Å²) >= 11 is 12.1. The molecule has 1 aliphatic carbocycles. The lowest BCUT2D eigenvalue weighted by Gasteiger charge is -2.39. The van der Waals surface area contributed by atoms with Crippen LogP contribution in [0.1, 0.15) is 19.8 Å². The average Bonchev–Trinajstić information content (AvgIpc) is 3.26. The summed E-state index contributed by atoms with van der Waals surface area (Å²) in [5.74, 6) is 0.142. The average molecular weight is 327 g/mol. The zero-order valence-corrected chi connectivity index (χ0v) is 13.2. The number of carbonyl (C=O) groups excluding carboxylic acids is 2. The third-order valence-electron chi connectivity index (χ3n) is 4.07. The lowest BCUT2D eigenvalue weighted by atomic mass is 10.1. The monoisotopic (exact) mass is 326 g/mol. The number of piperazine rings is 1. The van der Waals surface area contributed by atoms with Gasteiger partial charge in [-0.3, -0.25) is 9.59 Å². The van der Waals surface area contributed by atoms with Gasteiger partial charge in [-0.1, -0.05) is 23.2 Å². The van der Waals surface area contributed by atoms with Crippen LogP contribution in [0.2, 0.25) is 10.0 Å². The van der Waals surface area contributed by atoms with Crippen molar-refractivity contribution in [2.75, 3.05) is 18.0 Å². The number of anilines is 1. The third kappa shape index (κ3) is 2.74. The van der Waals surface area contributed by atoms with Gasteiger partial charge in [0, 0.05) is 24.0 Å². The van der Waals surface area contributed by atoms with Gasteiger partial charge in [0.2, 0.25) is 11.8 Å². The molecule has 1 saturated carbocycles. The Kier molecular flexibility index (Phi) is 3.84. The summed E-state index contributed by atoms with van der Waals surface area (Å²) in [7, 11) is 0. The minimum absolute atomic E-state index is 0.0977. The molecule has 1 aliphatic heterocycles. The maximum Gasteiger partial charge on any atom is 0.249 e. The second-order valence-corrected chi connectivity index (χ2v) is 6.41. The first-order valence-corrected chi connectivity index (χ1v) is 7.81. The van der Waals surface area contributed by atoms with Crippen molar-refractivity contribution < 1.29 is 9.59 Å². The van der Waals surface area contributed by atoms with Crippen molar-refractivity contribution in [1.29, 1.82) is 0 Å². The molecule has 112 valence electrons. The number of rotatable bonds is 2. The van der Waals surface area contributed by atoms with Gasteiger partial charge in [-0.25, -0.2) is 0 Å². The molecular formula is C15H16Cl2N2O2. The van der Waals surface area contributed by atoms with Crippen molar-refractivity contribution in [2.45, 2.75) is 25.8 Å². The molecule has 0 N–H and O–H groups in total. The Hall–Kier alpha value is -1.26. The fourth-order valence-electron chi connectivity index (χ4n) is 2.68. The standard InChI is InChI=1S/C15H16Cl2N2O2/c1-9-14(20)19(13-5-4-11(16)8-12(13)17)7-6-18(9)15(21)10-2-3-10/h4-5,8-10H,2-3,6-7H2,1H3. The van der Waals surface area contributed by atoms with E-state index in [9.17, 15) is 9.59 Å². The summed E-state index contributed by atoms with van der Waals surface area (Å²) in [4.78, 5) is 28.1. The molecule has 2 aliphatic rings. The minimum atomic E-state index is -0.446. The van der Waals surface area contributed by atoms with Crippen LogP contribution in [0.15, 0.2) is 18.2 Å². The van der Waals surface area contributed by atoms with E-state index in [1.165, 1.54) is 0 Å². The molecule has 0 spiro atoms. The van der Waals surface area contributed by atoms with E-state index in [4.69, 9.17) is 23.2 Å². The van der Waals surface area contributed by atoms with Gasteiger partial charge in [0.15, 0.2) is 0 Å².